The van der Waals surface area contributed by atoms with E-state index in [4.69, 9.17) is 14.6 Å². The Bertz CT molecular complexity index is 717. The summed E-state index contributed by atoms with van der Waals surface area (Å²) in [6.45, 7) is 8.34. The third-order valence-electron chi connectivity index (χ3n) is 5.13. The van der Waals surface area contributed by atoms with Crippen molar-refractivity contribution in [1.82, 2.24) is 9.91 Å². The maximum atomic E-state index is 13.0. The summed E-state index contributed by atoms with van der Waals surface area (Å²) in [5, 5.41) is 6.43. The maximum Gasteiger partial charge on any atom is 0.341 e. The second-order valence-electron chi connectivity index (χ2n) is 7.95. The Morgan fingerprint density at radius 1 is 1.16 bits per heavy atom. The van der Waals surface area contributed by atoms with E-state index in [9.17, 15) is 4.79 Å². The Hall–Kier alpha value is -2.24. The van der Waals surface area contributed by atoms with Gasteiger partial charge in [-0.1, -0.05) is 26.8 Å². The second kappa shape index (κ2) is 5.93. The van der Waals surface area contributed by atoms with E-state index in [2.05, 4.69) is 20.8 Å². The van der Waals surface area contributed by atoms with Crippen LogP contribution in [0.25, 0.3) is 0 Å². The fourth-order valence-corrected chi connectivity index (χ4v) is 3.58. The standard InChI is InChI=1S/C19H25N3O3/c1-19(2,3)17-11-14(13-6-7-15-16(10-13)25-12-24-15)22(20-17)18(23)21-8-4-5-9-21/h6-7,10,14H,4-5,8-9,11-12H2,1-3H3. The minimum Gasteiger partial charge on any atom is -0.454 e. The smallest absolute Gasteiger partial charge is 0.341 e. The summed E-state index contributed by atoms with van der Waals surface area (Å²) in [6.07, 6.45) is 2.90. The van der Waals surface area contributed by atoms with Crippen LogP contribution in [-0.4, -0.2) is 41.5 Å². The molecule has 1 aromatic rings. The molecule has 134 valence electrons. The minimum atomic E-state index is -0.0863. The van der Waals surface area contributed by atoms with Crippen LogP contribution in [0.5, 0.6) is 11.5 Å². The Kier molecular flexibility index (Phi) is 3.85. The van der Waals surface area contributed by atoms with Gasteiger partial charge in [-0.25, -0.2) is 9.80 Å². The molecule has 6 heteroatoms. The number of hydrogen-bond acceptors (Lipinski definition) is 4. The molecule has 0 aromatic heterocycles. The molecule has 3 aliphatic heterocycles. The number of likely N-dealkylation sites (tertiary alicyclic amines) is 1. The summed E-state index contributed by atoms with van der Waals surface area (Å²) in [5.74, 6) is 1.51. The van der Waals surface area contributed by atoms with Gasteiger partial charge in [0.2, 0.25) is 6.79 Å². The highest BCUT2D eigenvalue weighted by atomic mass is 16.7. The van der Waals surface area contributed by atoms with Gasteiger partial charge in [0.15, 0.2) is 11.5 Å². The molecule has 6 nitrogen and oxygen atoms in total. The molecule has 3 heterocycles. The normalized spacial score (nSPS) is 22.5. The van der Waals surface area contributed by atoms with Crippen LogP contribution >= 0.6 is 0 Å². The summed E-state index contributed by atoms with van der Waals surface area (Å²) in [7, 11) is 0. The van der Waals surface area contributed by atoms with Crippen molar-refractivity contribution >= 4 is 11.7 Å². The number of benzene rings is 1. The van der Waals surface area contributed by atoms with Gasteiger partial charge in [-0.2, -0.15) is 5.10 Å². The van der Waals surface area contributed by atoms with E-state index in [0.29, 0.717) is 0 Å². The van der Waals surface area contributed by atoms with E-state index in [1.54, 1.807) is 5.01 Å². The van der Waals surface area contributed by atoms with E-state index in [0.717, 1.165) is 55.1 Å². The summed E-state index contributed by atoms with van der Waals surface area (Å²) >= 11 is 0. The van der Waals surface area contributed by atoms with Crippen LogP contribution in [0.15, 0.2) is 23.3 Å². The average molecular weight is 343 g/mol. The zero-order valence-corrected chi connectivity index (χ0v) is 15.1. The molecule has 0 saturated carbocycles. The Balaban J connectivity index is 1.66. The van der Waals surface area contributed by atoms with Crippen LogP contribution in [0.4, 0.5) is 4.79 Å². The molecule has 2 amide bonds. The first-order chi connectivity index (χ1) is 11.9. The van der Waals surface area contributed by atoms with E-state index in [1.807, 2.05) is 23.1 Å². The Morgan fingerprint density at radius 2 is 1.88 bits per heavy atom. The third-order valence-corrected chi connectivity index (χ3v) is 5.13. The number of urea groups is 1. The number of carbonyl (C=O) groups excluding carboxylic acids is 1. The number of amides is 2. The molecule has 25 heavy (non-hydrogen) atoms. The molecular weight excluding hydrogens is 318 g/mol. The molecule has 0 bridgehead atoms. The van der Waals surface area contributed by atoms with E-state index in [-0.39, 0.29) is 24.3 Å². The fraction of sp³-hybridized carbons (Fsp3) is 0.579. The summed E-state index contributed by atoms with van der Waals surface area (Å²) in [5.41, 5.74) is 2.04. The number of hydrazone groups is 1. The molecule has 1 fully saturated rings. The number of carbonyl (C=O) groups is 1. The molecule has 0 aliphatic carbocycles. The maximum absolute atomic E-state index is 13.0. The minimum absolute atomic E-state index is 0.0133. The molecule has 0 radical (unpaired) electrons. The van der Waals surface area contributed by atoms with Crippen molar-refractivity contribution in [2.75, 3.05) is 19.9 Å². The summed E-state index contributed by atoms with van der Waals surface area (Å²) < 4.78 is 10.9. The number of fused-ring (bicyclic) bond motifs is 1. The van der Waals surface area contributed by atoms with Gasteiger partial charge in [-0.15, -0.1) is 0 Å². The van der Waals surface area contributed by atoms with Crippen LogP contribution < -0.4 is 9.47 Å². The van der Waals surface area contributed by atoms with E-state index < -0.39 is 0 Å². The largest absolute Gasteiger partial charge is 0.454 e. The quantitative estimate of drug-likeness (QED) is 0.780. The SMILES string of the molecule is CC(C)(C)C1=NN(C(=O)N2CCCC2)C(c2ccc3c(c2)OCO3)C1. The van der Waals surface area contributed by atoms with Gasteiger partial charge in [0, 0.05) is 30.6 Å². The van der Waals surface area contributed by atoms with Crippen molar-refractivity contribution < 1.29 is 14.3 Å². The van der Waals surface area contributed by atoms with Gasteiger partial charge in [-0.3, -0.25) is 0 Å². The molecule has 1 atom stereocenters. The summed E-state index contributed by atoms with van der Waals surface area (Å²) in [4.78, 5) is 14.9. The highest BCUT2D eigenvalue weighted by molar-refractivity contribution is 5.93. The first-order valence-corrected chi connectivity index (χ1v) is 8.99. The molecule has 0 N–H and O–H groups in total. The van der Waals surface area contributed by atoms with Crippen LogP contribution in [0.1, 0.15) is 51.6 Å². The van der Waals surface area contributed by atoms with Crippen molar-refractivity contribution in [3.63, 3.8) is 0 Å². The Morgan fingerprint density at radius 3 is 2.60 bits per heavy atom. The van der Waals surface area contributed by atoms with E-state index >= 15 is 0 Å². The van der Waals surface area contributed by atoms with Crippen molar-refractivity contribution in [3.8, 4) is 11.5 Å². The number of rotatable bonds is 1. The van der Waals surface area contributed by atoms with E-state index in [1.165, 1.54) is 0 Å². The molecular formula is C19H25N3O3. The van der Waals surface area contributed by atoms with Crippen LogP contribution in [-0.2, 0) is 0 Å². The van der Waals surface area contributed by atoms with Gasteiger partial charge in [0.1, 0.15) is 0 Å². The van der Waals surface area contributed by atoms with Crippen molar-refractivity contribution in [1.29, 1.82) is 0 Å². The van der Waals surface area contributed by atoms with Crippen molar-refractivity contribution in [2.45, 2.75) is 46.1 Å². The second-order valence-corrected chi connectivity index (χ2v) is 7.95. The monoisotopic (exact) mass is 343 g/mol. The van der Waals surface area contributed by atoms with Crippen molar-refractivity contribution in [2.24, 2.45) is 10.5 Å². The molecule has 4 rings (SSSR count). The average Bonchev–Trinajstić information content (AvgIpc) is 3.30. The molecule has 0 spiro atoms. The van der Waals surface area contributed by atoms with Crippen LogP contribution in [0, 0.1) is 5.41 Å². The van der Waals surface area contributed by atoms with Crippen LogP contribution in [0.2, 0.25) is 0 Å². The highest BCUT2D eigenvalue weighted by Crippen LogP contribution is 2.41. The number of ether oxygens (including phenoxy) is 2. The number of nitrogens with zero attached hydrogens (tertiary/aromatic N) is 3. The predicted octanol–water partition coefficient (Wildman–Crippen LogP) is 3.78. The van der Waals surface area contributed by atoms with Gasteiger partial charge in [0.05, 0.1) is 6.04 Å². The third kappa shape index (κ3) is 2.94. The summed E-state index contributed by atoms with van der Waals surface area (Å²) in [6, 6.07) is 5.85. The fourth-order valence-electron chi connectivity index (χ4n) is 3.58. The Labute approximate surface area is 148 Å². The van der Waals surface area contributed by atoms with Gasteiger partial charge in [-0.05, 0) is 30.5 Å². The zero-order valence-electron chi connectivity index (χ0n) is 15.1. The zero-order chi connectivity index (χ0) is 17.6. The van der Waals surface area contributed by atoms with Crippen LogP contribution in [0.3, 0.4) is 0 Å². The van der Waals surface area contributed by atoms with Gasteiger partial charge < -0.3 is 14.4 Å². The highest BCUT2D eigenvalue weighted by Gasteiger charge is 2.39. The predicted molar refractivity (Wildman–Crippen MR) is 94.9 cm³/mol. The lowest BCUT2D eigenvalue weighted by Crippen LogP contribution is -2.39. The number of hydrogen-bond donors (Lipinski definition) is 0. The first kappa shape index (κ1) is 16.2. The first-order valence-electron chi connectivity index (χ1n) is 8.99. The molecule has 1 saturated heterocycles. The lowest BCUT2D eigenvalue weighted by molar-refractivity contribution is 0.151. The van der Waals surface area contributed by atoms with Gasteiger partial charge >= 0.3 is 6.03 Å². The lowest BCUT2D eigenvalue weighted by Gasteiger charge is -2.27. The molecule has 1 unspecified atom stereocenters. The lowest BCUT2D eigenvalue weighted by atomic mass is 9.86. The molecule has 1 aromatic carbocycles. The van der Waals surface area contributed by atoms with Crippen molar-refractivity contribution in [3.05, 3.63) is 23.8 Å². The molecule has 3 aliphatic rings. The van der Waals surface area contributed by atoms with Gasteiger partial charge in [0.25, 0.3) is 0 Å². The topological polar surface area (TPSA) is 54.4 Å².